The minimum atomic E-state index is -0.936. The molecule has 4 rings (SSSR count). The summed E-state index contributed by atoms with van der Waals surface area (Å²) in [5, 5.41) is 20.5. The van der Waals surface area contributed by atoms with Crippen LogP contribution in [-0.4, -0.2) is 56.9 Å². The minimum Gasteiger partial charge on any atom is -0.507 e. The number of phenolic OH excluding ortho intramolecular Hbond substituents is 1. The Bertz CT molecular complexity index is 1120. The zero-order valence-electron chi connectivity index (χ0n) is 17.5. The van der Waals surface area contributed by atoms with E-state index in [1.807, 2.05) is 18.7 Å². The Morgan fingerprint density at radius 1 is 1.26 bits per heavy atom. The first-order valence-corrected chi connectivity index (χ1v) is 10.3. The molecule has 0 saturated carbocycles. The lowest BCUT2D eigenvalue weighted by Crippen LogP contribution is -2.43. The van der Waals surface area contributed by atoms with E-state index >= 15 is 0 Å². The highest BCUT2D eigenvalue weighted by molar-refractivity contribution is 5.91. The van der Waals surface area contributed by atoms with E-state index in [4.69, 9.17) is 0 Å². The topological polar surface area (TPSA) is 89.8 Å². The molecule has 8 heteroatoms. The van der Waals surface area contributed by atoms with Crippen molar-refractivity contribution in [3.8, 4) is 17.1 Å². The van der Waals surface area contributed by atoms with Gasteiger partial charge in [-0.25, -0.2) is 19.2 Å². The summed E-state index contributed by atoms with van der Waals surface area (Å²) < 4.78 is 14.0. The Labute approximate surface area is 179 Å². The van der Waals surface area contributed by atoms with Gasteiger partial charge in [0.25, 0.3) is 0 Å². The fourth-order valence-corrected chi connectivity index (χ4v) is 4.07. The van der Waals surface area contributed by atoms with Gasteiger partial charge in [-0.15, -0.1) is 0 Å². The maximum absolute atomic E-state index is 14.0. The average molecular weight is 424 g/mol. The molecule has 1 unspecified atom stereocenters. The highest BCUT2D eigenvalue weighted by atomic mass is 19.1. The van der Waals surface area contributed by atoms with E-state index in [-0.39, 0.29) is 17.7 Å². The van der Waals surface area contributed by atoms with Crippen LogP contribution >= 0.6 is 0 Å². The zero-order chi connectivity index (χ0) is 22.1. The molecule has 2 N–H and O–H groups in total. The molecule has 1 fully saturated rings. The molecular formula is C23H25FN4O3. The van der Waals surface area contributed by atoms with Gasteiger partial charge in [-0.3, -0.25) is 0 Å². The number of fused-ring (bicyclic) bond motifs is 1. The van der Waals surface area contributed by atoms with Crippen molar-refractivity contribution in [1.82, 2.24) is 14.9 Å². The Balaban J connectivity index is 1.75. The van der Waals surface area contributed by atoms with Crippen LogP contribution in [0.25, 0.3) is 22.3 Å². The predicted octanol–water partition coefficient (Wildman–Crippen LogP) is 4.36. The van der Waals surface area contributed by atoms with Crippen LogP contribution < -0.4 is 4.90 Å². The molecule has 7 nitrogen and oxygen atoms in total. The first-order valence-electron chi connectivity index (χ1n) is 10.3. The van der Waals surface area contributed by atoms with Gasteiger partial charge < -0.3 is 20.0 Å². The van der Waals surface area contributed by atoms with E-state index < -0.39 is 11.9 Å². The lowest BCUT2D eigenvalue weighted by atomic mass is 10.1. The lowest BCUT2D eigenvalue weighted by molar-refractivity contribution is 0.121. The van der Waals surface area contributed by atoms with Crippen molar-refractivity contribution in [1.29, 1.82) is 0 Å². The van der Waals surface area contributed by atoms with Gasteiger partial charge >= 0.3 is 6.09 Å². The van der Waals surface area contributed by atoms with Gasteiger partial charge in [-0.05, 0) is 42.7 Å². The number of para-hydroxylation sites is 1. The summed E-state index contributed by atoms with van der Waals surface area (Å²) >= 11 is 0. The SMILES string of the molecule is CC(C)CN(C(=O)O)C1CCN(c2nc(-c3ccccc3O)nc3ccc(F)cc23)C1. The largest absolute Gasteiger partial charge is 0.507 e. The molecule has 2 aromatic carbocycles. The molecule has 162 valence electrons. The molecule has 1 saturated heterocycles. The van der Waals surface area contributed by atoms with Crippen LogP contribution in [0.15, 0.2) is 42.5 Å². The van der Waals surface area contributed by atoms with E-state index in [1.165, 1.54) is 17.0 Å². The zero-order valence-corrected chi connectivity index (χ0v) is 17.5. The fraction of sp³-hybridized carbons (Fsp3) is 0.348. The molecule has 0 spiro atoms. The van der Waals surface area contributed by atoms with Crippen LogP contribution in [0, 0.1) is 11.7 Å². The number of aromatic hydroxyl groups is 1. The molecule has 1 aliphatic heterocycles. The summed E-state index contributed by atoms with van der Waals surface area (Å²) in [4.78, 5) is 24.5. The number of carbonyl (C=O) groups is 1. The van der Waals surface area contributed by atoms with Crippen LogP contribution in [0.1, 0.15) is 20.3 Å². The number of aromatic nitrogens is 2. The monoisotopic (exact) mass is 424 g/mol. The van der Waals surface area contributed by atoms with Crippen molar-refractivity contribution in [2.75, 3.05) is 24.5 Å². The number of nitrogens with zero attached hydrogens (tertiary/aromatic N) is 4. The average Bonchev–Trinajstić information content (AvgIpc) is 3.21. The number of benzene rings is 2. The van der Waals surface area contributed by atoms with Gasteiger partial charge in [-0.2, -0.15) is 0 Å². The molecule has 0 aliphatic carbocycles. The van der Waals surface area contributed by atoms with Crippen molar-refractivity contribution < 1.29 is 19.4 Å². The molecule has 3 aromatic rings. The third-order valence-electron chi connectivity index (χ3n) is 5.49. The van der Waals surface area contributed by atoms with E-state index in [1.54, 1.807) is 30.3 Å². The standard InChI is InChI=1S/C23H25FN4O3/c1-14(2)12-28(23(30)31)16-9-10-27(13-16)22-18-11-15(24)7-8-19(18)25-21(26-22)17-5-3-4-6-20(17)29/h3-8,11,14,16,29H,9-10,12-13H2,1-2H3,(H,30,31). The van der Waals surface area contributed by atoms with Crippen molar-refractivity contribution in [3.05, 3.63) is 48.3 Å². The van der Waals surface area contributed by atoms with Gasteiger partial charge in [0.15, 0.2) is 5.82 Å². The second-order valence-corrected chi connectivity index (χ2v) is 8.27. The Morgan fingerprint density at radius 3 is 2.74 bits per heavy atom. The van der Waals surface area contributed by atoms with E-state index in [0.29, 0.717) is 54.2 Å². The van der Waals surface area contributed by atoms with Gasteiger partial charge in [0, 0.05) is 25.0 Å². The predicted molar refractivity (Wildman–Crippen MR) is 117 cm³/mol. The Morgan fingerprint density at radius 2 is 2.03 bits per heavy atom. The highest BCUT2D eigenvalue weighted by Gasteiger charge is 2.32. The number of anilines is 1. The van der Waals surface area contributed by atoms with Crippen LogP contribution in [0.2, 0.25) is 0 Å². The molecule has 0 radical (unpaired) electrons. The van der Waals surface area contributed by atoms with E-state index in [9.17, 15) is 19.4 Å². The van der Waals surface area contributed by atoms with Gasteiger partial charge in [0.1, 0.15) is 17.4 Å². The summed E-state index contributed by atoms with van der Waals surface area (Å²) in [6.07, 6.45) is -0.278. The number of halogens is 1. The summed E-state index contributed by atoms with van der Waals surface area (Å²) in [7, 11) is 0. The fourth-order valence-electron chi connectivity index (χ4n) is 4.07. The maximum atomic E-state index is 14.0. The number of carboxylic acid groups (broad SMARTS) is 1. The van der Waals surface area contributed by atoms with E-state index in [2.05, 4.69) is 9.97 Å². The first kappa shape index (κ1) is 20.8. The van der Waals surface area contributed by atoms with Crippen molar-refractivity contribution >= 4 is 22.8 Å². The van der Waals surface area contributed by atoms with Crippen molar-refractivity contribution in [3.63, 3.8) is 0 Å². The van der Waals surface area contributed by atoms with Crippen LogP contribution in [0.5, 0.6) is 5.75 Å². The maximum Gasteiger partial charge on any atom is 0.407 e. The number of amides is 1. The minimum absolute atomic E-state index is 0.0585. The quantitative estimate of drug-likeness (QED) is 0.633. The summed E-state index contributed by atoms with van der Waals surface area (Å²) in [6.45, 7) is 5.48. The molecule has 1 atom stereocenters. The lowest BCUT2D eigenvalue weighted by Gasteiger charge is -2.28. The molecule has 0 bridgehead atoms. The van der Waals surface area contributed by atoms with Crippen LogP contribution in [-0.2, 0) is 0 Å². The first-order chi connectivity index (χ1) is 14.8. The second-order valence-electron chi connectivity index (χ2n) is 8.27. The van der Waals surface area contributed by atoms with Crippen LogP contribution in [0.4, 0.5) is 15.0 Å². The highest BCUT2D eigenvalue weighted by Crippen LogP contribution is 2.33. The van der Waals surface area contributed by atoms with Crippen molar-refractivity contribution in [2.45, 2.75) is 26.3 Å². The molecule has 2 heterocycles. The molecule has 1 aliphatic rings. The Kier molecular flexibility index (Phi) is 5.63. The molecule has 31 heavy (non-hydrogen) atoms. The number of hydrogen-bond donors (Lipinski definition) is 2. The van der Waals surface area contributed by atoms with Crippen LogP contribution in [0.3, 0.4) is 0 Å². The van der Waals surface area contributed by atoms with Crippen molar-refractivity contribution in [2.24, 2.45) is 5.92 Å². The number of rotatable bonds is 5. The Hall–Kier alpha value is -3.42. The summed E-state index contributed by atoms with van der Waals surface area (Å²) in [5.41, 5.74) is 1.04. The third kappa shape index (κ3) is 4.23. The summed E-state index contributed by atoms with van der Waals surface area (Å²) in [5.74, 6) is 0.762. The van der Waals surface area contributed by atoms with Gasteiger partial charge in [0.2, 0.25) is 0 Å². The molecular weight excluding hydrogens is 399 g/mol. The van der Waals surface area contributed by atoms with Gasteiger partial charge in [-0.1, -0.05) is 26.0 Å². The third-order valence-corrected chi connectivity index (χ3v) is 5.49. The summed E-state index contributed by atoms with van der Waals surface area (Å²) in [6, 6.07) is 11.0. The molecule has 1 aromatic heterocycles. The number of hydrogen-bond acceptors (Lipinski definition) is 5. The second kappa shape index (κ2) is 8.37. The smallest absolute Gasteiger partial charge is 0.407 e. The molecule has 1 amide bonds. The van der Waals surface area contributed by atoms with Gasteiger partial charge in [0.05, 0.1) is 17.1 Å². The van der Waals surface area contributed by atoms with E-state index in [0.717, 1.165) is 0 Å². The number of phenols is 1. The normalized spacial score (nSPS) is 16.3.